The standard InChI is InChI=1S/C14H13ClINO2/c1-8(9-4-11(18)7-12(19)5-9)17-14-3-2-10(16)6-13(14)15/h2-8,17-19H,1H3. The Morgan fingerprint density at radius 3 is 2.32 bits per heavy atom. The molecule has 0 heterocycles. The topological polar surface area (TPSA) is 52.5 Å². The normalized spacial score (nSPS) is 12.2. The van der Waals surface area contributed by atoms with Crippen LogP contribution in [0.1, 0.15) is 18.5 Å². The van der Waals surface area contributed by atoms with Gasteiger partial charge in [-0.3, -0.25) is 0 Å². The quantitative estimate of drug-likeness (QED) is 0.676. The monoisotopic (exact) mass is 389 g/mol. The molecule has 0 aliphatic carbocycles. The summed E-state index contributed by atoms with van der Waals surface area (Å²) < 4.78 is 1.07. The smallest absolute Gasteiger partial charge is 0.119 e. The second-order valence-corrected chi connectivity index (χ2v) is 5.93. The Morgan fingerprint density at radius 2 is 1.74 bits per heavy atom. The zero-order chi connectivity index (χ0) is 14.0. The second-order valence-electron chi connectivity index (χ2n) is 4.27. The van der Waals surface area contributed by atoms with Crippen LogP contribution in [0, 0.1) is 3.57 Å². The van der Waals surface area contributed by atoms with Gasteiger partial charge in [-0.05, 0) is 65.4 Å². The Kier molecular flexibility index (Phi) is 4.42. The van der Waals surface area contributed by atoms with E-state index in [1.807, 2.05) is 25.1 Å². The third-order valence-electron chi connectivity index (χ3n) is 2.73. The number of nitrogens with one attached hydrogen (secondary N) is 1. The maximum absolute atomic E-state index is 9.49. The lowest BCUT2D eigenvalue weighted by atomic mass is 10.1. The first-order valence-corrected chi connectivity index (χ1v) is 7.16. The zero-order valence-electron chi connectivity index (χ0n) is 10.2. The molecule has 2 rings (SSSR count). The molecule has 0 amide bonds. The van der Waals surface area contributed by atoms with E-state index in [2.05, 4.69) is 27.9 Å². The molecular weight excluding hydrogens is 377 g/mol. The minimum Gasteiger partial charge on any atom is -0.508 e. The van der Waals surface area contributed by atoms with Crippen LogP contribution in [-0.2, 0) is 0 Å². The Morgan fingerprint density at radius 1 is 1.11 bits per heavy atom. The van der Waals surface area contributed by atoms with Crippen LogP contribution in [0.2, 0.25) is 5.02 Å². The highest BCUT2D eigenvalue weighted by Gasteiger charge is 2.10. The summed E-state index contributed by atoms with van der Waals surface area (Å²) in [7, 11) is 0. The number of hydrogen-bond donors (Lipinski definition) is 3. The molecule has 0 aromatic heterocycles. The van der Waals surface area contributed by atoms with E-state index in [1.54, 1.807) is 12.1 Å². The predicted octanol–water partition coefficient (Wildman–Crippen LogP) is 4.53. The van der Waals surface area contributed by atoms with Crippen molar-refractivity contribution in [2.45, 2.75) is 13.0 Å². The molecule has 0 radical (unpaired) electrons. The van der Waals surface area contributed by atoms with Gasteiger partial charge in [0.05, 0.1) is 10.7 Å². The molecule has 0 aliphatic heterocycles. The third kappa shape index (κ3) is 3.67. The van der Waals surface area contributed by atoms with Gasteiger partial charge in [0.25, 0.3) is 0 Å². The summed E-state index contributed by atoms with van der Waals surface area (Å²) in [4.78, 5) is 0. The molecule has 0 fully saturated rings. The molecule has 2 aromatic carbocycles. The van der Waals surface area contributed by atoms with E-state index in [4.69, 9.17) is 11.6 Å². The zero-order valence-corrected chi connectivity index (χ0v) is 13.1. The second kappa shape index (κ2) is 5.88. The molecule has 0 bridgehead atoms. The van der Waals surface area contributed by atoms with Gasteiger partial charge in [0.1, 0.15) is 11.5 Å². The fourth-order valence-corrected chi connectivity index (χ4v) is 2.70. The number of phenols is 2. The van der Waals surface area contributed by atoms with Gasteiger partial charge < -0.3 is 15.5 Å². The van der Waals surface area contributed by atoms with Crippen molar-refractivity contribution in [1.29, 1.82) is 0 Å². The predicted molar refractivity (Wildman–Crippen MR) is 86.0 cm³/mol. The summed E-state index contributed by atoms with van der Waals surface area (Å²) in [5.41, 5.74) is 1.60. The fraction of sp³-hybridized carbons (Fsp3) is 0.143. The summed E-state index contributed by atoms with van der Waals surface area (Å²) in [5, 5.41) is 22.9. The van der Waals surface area contributed by atoms with Gasteiger partial charge in [0, 0.05) is 15.7 Å². The Hall–Kier alpha value is -1.14. The molecular formula is C14H13ClINO2. The molecule has 0 aliphatic rings. The van der Waals surface area contributed by atoms with Crippen molar-refractivity contribution in [3.05, 3.63) is 50.6 Å². The van der Waals surface area contributed by atoms with Crippen LogP contribution in [0.25, 0.3) is 0 Å². The lowest BCUT2D eigenvalue weighted by Gasteiger charge is -2.17. The molecule has 5 heteroatoms. The van der Waals surface area contributed by atoms with Crippen LogP contribution in [0.5, 0.6) is 11.5 Å². The lowest BCUT2D eigenvalue weighted by Crippen LogP contribution is -2.06. The number of halogens is 2. The van der Waals surface area contributed by atoms with Crippen molar-refractivity contribution in [3.8, 4) is 11.5 Å². The molecule has 19 heavy (non-hydrogen) atoms. The summed E-state index contributed by atoms with van der Waals surface area (Å²) in [6.45, 7) is 1.93. The van der Waals surface area contributed by atoms with Crippen molar-refractivity contribution in [2.75, 3.05) is 5.32 Å². The number of benzene rings is 2. The molecule has 0 saturated heterocycles. The van der Waals surface area contributed by atoms with E-state index in [0.717, 1.165) is 14.8 Å². The van der Waals surface area contributed by atoms with Crippen LogP contribution in [0.15, 0.2) is 36.4 Å². The van der Waals surface area contributed by atoms with E-state index in [-0.39, 0.29) is 17.5 Å². The van der Waals surface area contributed by atoms with Gasteiger partial charge in [0.2, 0.25) is 0 Å². The van der Waals surface area contributed by atoms with Gasteiger partial charge in [-0.2, -0.15) is 0 Å². The lowest BCUT2D eigenvalue weighted by molar-refractivity contribution is 0.448. The Bertz CT molecular complexity index is 584. The first-order chi connectivity index (χ1) is 8.95. The van der Waals surface area contributed by atoms with E-state index < -0.39 is 0 Å². The van der Waals surface area contributed by atoms with Crippen LogP contribution < -0.4 is 5.32 Å². The molecule has 2 aromatic rings. The van der Waals surface area contributed by atoms with Gasteiger partial charge in [-0.1, -0.05) is 11.6 Å². The summed E-state index contributed by atoms with van der Waals surface area (Å²) in [6, 6.07) is 10.2. The van der Waals surface area contributed by atoms with E-state index in [1.165, 1.54) is 6.07 Å². The number of aromatic hydroxyl groups is 2. The van der Waals surface area contributed by atoms with E-state index in [0.29, 0.717) is 5.02 Å². The Balaban J connectivity index is 2.22. The van der Waals surface area contributed by atoms with E-state index >= 15 is 0 Å². The minimum absolute atomic E-state index is 0.0392. The number of phenolic OH excluding ortho intramolecular Hbond substituents is 2. The van der Waals surface area contributed by atoms with Gasteiger partial charge in [0.15, 0.2) is 0 Å². The number of hydrogen-bond acceptors (Lipinski definition) is 3. The van der Waals surface area contributed by atoms with Crippen LogP contribution in [0.3, 0.4) is 0 Å². The molecule has 3 nitrogen and oxygen atoms in total. The van der Waals surface area contributed by atoms with E-state index in [9.17, 15) is 10.2 Å². The molecule has 3 N–H and O–H groups in total. The maximum Gasteiger partial charge on any atom is 0.119 e. The van der Waals surface area contributed by atoms with Gasteiger partial charge in [-0.25, -0.2) is 0 Å². The van der Waals surface area contributed by atoms with Gasteiger partial charge >= 0.3 is 0 Å². The molecule has 0 spiro atoms. The summed E-state index contributed by atoms with van der Waals surface area (Å²) in [5.74, 6) is 0.0784. The van der Waals surface area contributed by atoms with Crippen LogP contribution >= 0.6 is 34.2 Å². The average Bonchev–Trinajstić information content (AvgIpc) is 2.31. The minimum atomic E-state index is -0.0874. The first kappa shape index (κ1) is 14.3. The maximum atomic E-state index is 9.49. The van der Waals surface area contributed by atoms with Crippen molar-refractivity contribution in [1.82, 2.24) is 0 Å². The van der Waals surface area contributed by atoms with Crippen molar-refractivity contribution >= 4 is 39.9 Å². The summed E-state index contributed by atoms with van der Waals surface area (Å²) >= 11 is 8.36. The van der Waals surface area contributed by atoms with Crippen molar-refractivity contribution < 1.29 is 10.2 Å². The largest absolute Gasteiger partial charge is 0.508 e. The highest BCUT2D eigenvalue weighted by Crippen LogP contribution is 2.30. The fourth-order valence-electron chi connectivity index (χ4n) is 1.79. The highest BCUT2D eigenvalue weighted by atomic mass is 127. The molecule has 100 valence electrons. The van der Waals surface area contributed by atoms with Gasteiger partial charge in [-0.15, -0.1) is 0 Å². The number of anilines is 1. The third-order valence-corrected chi connectivity index (χ3v) is 3.71. The Labute approximate surface area is 130 Å². The SMILES string of the molecule is CC(Nc1ccc(I)cc1Cl)c1cc(O)cc(O)c1. The average molecular weight is 390 g/mol. The summed E-state index contributed by atoms with van der Waals surface area (Å²) in [6.07, 6.45) is 0. The number of rotatable bonds is 3. The van der Waals surface area contributed by atoms with Crippen molar-refractivity contribution in [3.63, 3.8) is 0 Å². The molecule has 0 saturated carbocycles. The highest BCUT2D eigenvalue weighted by molar-refractivity contribution is 14.1. The molecule has 1 unspecified atom stereocenters. The van der Waals surface area contributed by atoms with Crippen molar-refractivity contribution in [2.24, 2.45) is 0 Å². The molecule has 1 atom stereocenters. The van der Waals surface area contributed by atoms with Crippen LogP contribution in [-0.4, -0.2) is 10.2 Å². The van der Waals surface area contributed by atoms with Crippen LogP contribution in [0.4, 0.5) is 5.69 Å². The first-order valence-electron chi connectivity index (χ1n) is 5.70.